The van der Waals surface area contributed by atoms with Gasteiger partial charge in [0.05, 0.1) is 12.5 Å². The molecule has 1 aliphatic heterocycles. The molecule has 2 rings (SSSR count). The average Bonchev–Trinajstić information content (AvgIpc) is 2.29. The molecule has 1 aliphatic rings. The summed E-state index contributed by atoms with van der Waals surface area (Å²) in [5.74, 6) is 1.23. The van der Waals surface area contributed by atoms with Crippen molar-refractivity contribution < 1.29 is 9.53 Å². The first-order valence-corrected chi connectivity index (χ1v) is 6.50. The Morgan fingerprint density at radius 3 is 2.89 bits per heavy atom. The Balaban J connectivity index is 1.80. The Morgan fingerprint density at radius 1 is 1.44 bits per heavy atom. The number of carbonyl (C=O) groups excluding carboxylic acids is 1. The molecule has 1 aromatic rings. The maximum Gasteiger partial charge on any atom is 0.225 e. The molecule has 0 unspecified atom stereocenters. The highest BCUT2D eigenvalue weighted by Gasteiger charge is 2.24. The van der Waals surface area contributed by atoms with Crippen LogP contribution in [0.3, 0.4) is 0 Å². The van der Waals surface area contributed by atoms with Crippen LogP contribution in [0.15, 0.2) is 24.3 Å². The van der Waals surface area contributed by atoms with Gasteiger partial charge in [-0.2, -0.15) is 0 Å². The fourth-order valence-corrected chi connectivity index (χ4v) is 1.95. The number of carbonyl (C=O) groups is 1. The van der Waals surface area contributed by atoms with Crippen molar-refractivity contribution in [2.24, 2.45) is 5.92 Å². The standard InChI is InChI=1S/C14H20N2O2/c1-2-18-13-6-4-3-5-11(13)7-8-16-14(17)12-9-15-10-12/h3-6,12,15H,2,7-10H2,1H3,(H,16,17). The van der Waals surface area contributed by atoms with E-state index in [1.165, 1.54) is 0 Å². The molecule has 1 aromatic carbocycles. The van der Waals surface area contributed by atoms with Crippen LogP contribution < -0.4 is 15.4 Å². The van der Waals surface area contributed by atoms with Gasteiger partial charge in [-0.3, -0.25) is 4.79 Å². The van der Waals surface area contributed by atoms with E-state index < -0.39 is 0 Å². The zero-order chi connectivity index (χ0) is 12.8. The molecule has 0 aliphatic carbocycles. The lowest BCUT2D eigenvalue weighted by Crippen LogP contribution is -2.51. The second-order valence-electron chi connectivity index (χ2n) is 4.44. The van der Waals surface area contributed by atoms with Crippen LogP contribution in [0.4, 0.5) is 0 Å². The third-order valence-corrected chi connectivity index (χ3v) is 3.12. The Labute approximate surface area is 108 Å². The van der Waals surface area contributed by atoms with Crippen LogP contribution in [-0.2, 0) is 11.2 Å². The highest BCUT2D eigenvalue weighted by atomic mass is 16.5. The van der Waals surface area contributed by atoms with Gasteiger partial charge in [0.15, 0.2) is 0 Å². The summed E-state index contributed by atoms with van der Waals surface area (Å²) in [4.78, 5) is 11.6. The molecule has 4 nitrogen and oxygen atoms in total. The van der Waals surface area contributed by atoms with E-state index >= 15 is 0 Å². The fourth-order valence-electron chi connectivity index (χ4n) is 1.95. The minimum absolute atomic E-state index is 0.155. The first kappa shape index (κ1) is 12.9. The first-order chi connectivity index (χ1) is 8.81. The zero-order valence-corrected chi connectivity index (χ0v) is 10.7. The minimum Gasteiger partial charge on any atom is -0.494 e. The molecule has 0 spiro atoms. The molecule has 1 fully saturated rings. The van der Waals surface area contributed by atoms with Crippen molar-refractivity contribution in [1.82, 2.24) is 10.6 Å². The van der Waals surface area contributed by atoms with Gasteiger partial charge in [0, 0.05) is 19.6 Å². The van der Waals surface area contributed by atoms with Crippen molar-refractivity contribution in [2.75, 3.05) is 26.2 Å². The maximum atomic E-state index is 11.6. The monoisotopic (exact) mass is 248 g/mol. The minimum atomic E-state index is 0.155. The molecule has 0 atom stereocenters. The summed E-state index contributed by atoms with van der Waals surface area (Å²) in [5.41, 5.74) is 1.14. The number of hydrogen-bond donors (Lipinski definition) is 2. The lowest BCUT2D eigenvalue weighted by molar-refractivity contribution is -0.126. The SMILES string of the molecule is CCOc1ccccc1CCNC(=O)C1CNC1. The highest BCUT2D eigenvalue weighted by Crippen LogP contribution is 2.18. The number of rotatable bonds is 6. The molecule has 1 amide bonds. The van der Waals surface area contributed by atoms with E-state index in [4.69, 9.17) is 4.74 Å². The summed E-state index contributed by atoms with van der Waals surface area (Å²) >= 11 is 0. The molecule has 0 saturated carbocycles. The lowest BCUT2D eigenvalue weighted by atomic mass is 10.0. The number of para-hydroxylation sites is 1. The van der Waals surface area contributed by atoms with Crippen molar-refractivity contribution in [3.05, 3.63) is 29.8 Å². The van der Waals surface area contributed by atoms with Crippen LogP contribution in [-0.4, -0.2) is 32.1 Å². The third kappa shape index (κ3) is 3.23. The predicted molar refractivity (Wildman–Crippen MR) is 70.7 cm³/mol. The Kier molecular flexibility index (Phi) is 4.59. The smallest absolute Gasteiger partial charge is 0.225 e. The second-order valence-corrected chi connectivity index (χ2v) is 4.44. The molecular formula is C14H20N2O2. The van der Waals surface area contributed by atoms with E-state index in [0.29, 0.717) is 13.2 Å². The normalized spacial score (nSPS) is 14.9. The van der Waals surface area contributed by atoms with Gasteiger partial charge in [-0.1, -0.05) is 18.2 Å². The van der Waals surface area contributed by atoms with Crippen molar-refractivity contribution in [2.45, 2.75) is 13.3 Å². The van der Waals surface area contributed by atoms with Crippen molar-refractivity contribution >= 4 is 5.91 Å². The van der Waals surface area contributed by atoms with Gasteiger partial charge in [-0.25, -0.2) is 0 Å². The van der Waals surface area contributed by atoms with Gasteiger partial charge in [0.2, 0.25) is 5.91 Å². The lowest BCUT2D eigenvalue weighted by Gasteiger charge is -2.25. The molecule has 0 bridgehead atoms. The molecule has 4 heteroatoms. The highest BCUT2D eigenvalue weighted by molar-refractivity contribution is 5.79. The number of hydrogen-bond acceptors (Lipinski definition) is 3. The Morgan fingerprint density at radius 2 is 2.22 bits per heavy atom. The van der Waals surface area contributed by atoms with E-state index in [9.17, 15) is 4.79 Å². The van der Waals surface area contributed by atoms with Crippen LogP contribution in [0.25, 0.3) is 0 Å². The zero-order valence-electron chi connectivity index (χ0n) is 10.7. The first-order valence-electron chi connectivity index (χ1n) is 6.50. The van der Waals surface area contributed by atoms with E-state index in [0.717, 1.165) is 30.8 Å². The van der Waals surface area contributed by atoms with E-state index in [1.807, 2.05) is 31.2 Å². The van der Waals surface area contributed by atoms with Gasteiger partial charge in [0.25, 0.3) is 0 Å². The Hall–Kier alpha value is -1.55. The molecule has 18 heavy (non-hydrogen) atoms. The van der Waals surface area contributed by atoms with Gasteiger partial charge in [-0.15, -0.1) is 0 Å². The second kappa shape index (κ2) is 6.40. The van der Waals surface area contributed by atoms with Crippen LogP contribution in [0.1, 0.15) is 12.5 Å². The van der Waals surface area contributed by atoms with Crippen LogP contribution in [0.5, 0.6) is 5.75 Å². The topological polar surface area (TPSA) is 50.4 Å². The summed E-state index contributed by atoms with van der Waals surface area (Å²) in [6.45, 7) is 4.92. The molecular weight excluding hydrogens is 228 g/mol. The number of ether oxygens (including phenoxy) is 1. The van der Waals surface area contributed by atoms with Gasteiger partial charge >= 0.3 is 0 Å². The van der Waals surface area contributed by atoms with Crippen molar-refractivity contribution in [1.29, 1.82) is 0 Å². The quantitative estimate of drug-likeness (QED) is 0.788. The molecule has 98 valence electrons. The van der Waals surface area contributed by atoms with Crippen molar-refractivity contribution in [3.8, 4) is 5.75 Å². The summed E-state index contributed by atoms with van der Waals surface area (Å²) in [6.07, 6.45) is 0.808. The van der Waals surface area contributed by atoms with Crippen LogP contribution in [0, 0.1) is 5.92 Å². The largest absolute Gasteiger partial charge is 0.494 e. The van der Waals surface area contributed by atoms with Gasteiger partial charge in [-0.05, 0) is 25.0 Å². The number of nitrogens with one attached hydrogen (secondary N) is 2. The molecule has 1 saturated heterocycles. The van der Waals surface area contributed by atoms with Crippen molar-refractivity contribution in [3.63, 3.8) is 0 Å². The van der Waals surface area contributed by atoms with Gasteiger partial charge in [0.1, 0.15) is 5.75 Å². The summed E-state index contributed by atoms with van der Waals surface area (Å²) in [5, 5.41) is 6.06. The van der Waals surface area contributed by atoms with Crippen LogP contribution >= 0.6 is 0 Å². The Bertz CT molecular complexity index is 403. The summed E-state index contributed by atoms with van der Waals surface area (Å²) in [7, 11) is 0. The van der Waals surface area contributed by atoms with Crippen LogP contribution in [0.2, 0.25) is 0 Å². The summed E-state index contributed by atoms with van der Waals surface area (Å²) < 4.78 is 5.55. The molecule has 1 heterocycles. The van der Waals surface area contributed by atoms with E-state index in [-0.39, 0.29) is 11.8 Å². The summed E-state index contributed by atoms with van der Waals surface area (Å²) in [6, 6.07) is 7.97. The number of benzene rings is 1. The molecule has 0 aromatic heterocycles. The fraction of sp³-hybridized carbons (Fsp3) is 0.500. The average molecular weight is 248 g/mol. The third-order valence-electron chi connectivity index (χ3n) is 3.12. The predicted octanol–water partition coefficient (Wildman–Crippen LogP) is 0.963. The molecule has 2 N–H and O–H groups in total. The van der Waals surface area contributed by atoms with E-state index in [2.05, 4.69) is 10.6 Å². The maximum absolute atomic E-state index is 11.6. The number of amides is 1. The van der Waals surface area contributed by atoms with Gasteiger partial charge < -0.3 is 15.4 Å². The van der Waals surface area contributed by atoms with E-state index in [1.54, 1.807) is 0 Å². The molecule has 0 radical (unpaired) electrons.